The van der Waals surface area contributed by atoms with Crippen LogP contribution < -0.4 is 5.32 Å². The Morgan fingerprint density at radius 3 is 2.45 bits per heavy atom. The molecule has 1 amide bonds. The predicted octanol–water partition coefficient (Wildman–Crippen LogP) is 2.10. The molecule has 2 N–H and O–H groups in total. The number of hydrogen-bond acceptors (Lipinski definition) is 4. The van der Waals surface area contributed by atoms with Crippen molar-refractivity contribution in [3.8, 4) is 0 Å². The first-order chi connectivity index (χ1) is 9.39. The number of H-pyrrole nitrogens is 1. The largest absolute Gasteiger partial charge is 0.348 e. The highest BCUT2D eigenvalue weighted by molar-refractivity contribution is 8.13. The van der Waals surface area contributed by atoms with E-state index in [0.717, 1.165) is 25.7 Å². The van der Waals surface area contributed by atoms with E-state index >= 15 is 0 Å². The molecule has 112 valence electrons. The van der Waals surface area contributed by atoms with Gasteiger partial charge < -0.3 is 5.32 Å². The summed E-state index contributed by atoms with van der Waals surface area (Å²) in [5, 5.41) is 9.13. The van der Waals surface area contributed by atoms with Gasteiger partial charge in [0.2, 0.25) is 0 Å². The average molecular weight is 320 g/mol. The first-order valence-corrected chi connectivity index (χ1v) is 9.01. The van der Waals surface area contributed by atoms with E-state index < -0.39 is 15.0 Å². The second-order valence-corrected chi connectivity index (χ2v) is 7.63. The maximum atomic E-state index is 12.2. The fourth-order valence-corrected chi connectivity index (χ4v) is 3.90. The van der Waals surface area contributed by atoms with E-state index in [9.17, 15) is 13.2 Å². The zero-order valence-electron chi connectivity index (χ0n) is 11.3. The monoisotopic (exact) mass is 319 g/mol. The molecule has 0 aliphatic heterocycles. The highest BCUT2D eigenvalue weighted by Gasteiger charge is 2.28. The highest BCUT2D eigenvalue weighted by Crippen LogP contribution is 2.23. The van der Waals surface area contributed by atoms with Gasteiger partial charge in [0.15, 0.2) is 5.69 Å². The maximum absolute atomic E-state index is 12.2. The zero-order valence-corrected chi connectivity index (χ0v) is 12.9. The summed E-state index contributed by atoms with van der Waals surface area (Å²) >= 11 is 0. The van der Waals surface area contributed by atoms with Gasteiger partial charge in [-0.2, -0.15) is 5.10 Å². The lowest BCUT2D eigenvalue weighted by Crippen LogP contribution is -2.35. The molecule has 0 spiro atoms. The standard InChI is InChI=1S/C12H18ClN3O3S/c1-8-11(20(13,18)19)10(16-15-8)12(17)14-9-6-4-2-3-5-7-9/h9H,2-7H2,1H3,(H,14,17)(H,15,16). The number of nitrogens with one attached hydrogen (secondary N) is 2. The molecule has 1 heterocycles. The second-order valence-electron chi connectivity index (χ2n) is 5.13. The normalized spacial score (nSPS) is 17.7. The van der Waals surface area contributed by atoms with Gasteiger partial charge >= 0.3 is 0 Å². The lowest BCUT2D eigenvalue weighted by Gasteiger charge is -2.15. The lowest BCUT2D eigenvalue weighted by atomic mass is 10.1. The summed E-state index contributed by atoms with van der Waals surface area (Å²) < 4.78 is 23.0. The number of aromatic nitrogens is 2. The third kappa shape index (κ3) is 3.52. The smallest absolute Gasteiger partial charge is 0.273 e. The lowest BCUT2D eigenvalue weighted by molar-refractivity contribution is 0.0925. The van der Waals surface area contributed by atoms with Gasteiger partial charge in [-0.3, -0.25) is 9.89 Å². The molecule has 20 heavy (non-hydrogen) atoms. The van der Waals surface area contributed by atoms with Crippen LogP contribution >= 0.6 is 10.7 Å². The molecular weight excluding hydrogens is 302 g/mol. The van der Waals surface area contributed by atoms with E-state index in [1.807, 2.05) is 0 Å². The molecule has 1 aliphatic rings. The topological polar surface area (TPSA) is 91.9 Å². The summed E-state index contributed by atoms with van der Waals surface area (Å²) in [4.78, 5) is 12.0. The predicted molar refractivity (Wildman–Crippen MR) is 75.3 cm³/mol. The summed E-state index contributed by atoms with van der Waals surface area (Å²) in [5.74, 6) is -0.486. The third-order valence-electron chi connectivity index (χ3n) is 3.54. The van der Waals surface area contributed by atoms with Gasteiger partial charge in [0.1, 0.15) is 4.90 Å². The van der Waals surface area contributed by atoms with Crippen molar-refractivity contribution in [2.24, 2.45) is 0 Å². The molecule has 0 unspecified atom stereocenters. The van der Waals surface area contributed by atoms with E-state index in [4.69, 9.17) is 10.7 Å². The van der Waals surface area contributed by atoms with Crippen LogP contribution in [0, 0.1) is 6.92 Å². The van der Waals surface area contributed by atoms with Crippen molar-refractivity contribution in [2.45, 2.75) is 56.4 Å². The quantitative estimate of drug-likeness (QED) is 0.659. The van der Waals surface area contributed by atoms with Gasteiger partial charge in [0.05, 0.1) is 5.69 Å². The number of halogens is 1. The van der Waals surface area contributed by atoms with Crippen LogP contribution in [0.1, 0.15) is 54.7 Å². The summed E-state index contributed by atoms with van der Waals surface area (Å²) in [6, 6.07) is 0.0767. The summed E-state index contributed by atoms with van der Waals surface area (Å²) in [7, 11) is 1.36. The van der Waals surface area contributed by atoms with Gasteiger partial charge in [-0.1, -0.05) is 25.7 Å². The molecule has 0 aromatic carbocycles. The molecule has 1 aromatic rings. The van der Waals surface area contributed by atoms with Crippen molar-refractivity contribution in [1.29, 1.82) is 0 Å². The summed E-state index contributed by atoms with van der Waals surface area (Å²) in [6.07, 6.45) is 6.33. The molecule has 1 aromatic heterocycles. The van der Waals surface area contributed by atoms with Crippen molar-refractivity contribution in [3.63, 3.8) is 0 Å². The molecule has 2 rings (SSSR count). The van der Waals surface area contributed by atoms with E-state index in [2.05, 4.69) is 15.5 Å². The zero-order chi connectivity index (χ0) is 14.8. The highest BCUT2D eigenvalue weighted by atomic mass is 35.7. The average Bonchev–Trinajstić information content (AvgIpc) is 2.58. The Morgan fingerprint density at radius 1 is 1.30 bits per heavy atom. The van der Waals surface area contributed by atoms with Gasteiger partial charge in [-0.05, 0) is 19.8 Å². The van der Waals surface area contributed by atoms with Crippen LogP contribution in [0.4, 0.5) is 0 Å². The summed E-state index contributed by atoms with van der Waals surface area (Å²) in [5.41, 5.74) is 0.118. The number of carbonyl (C=O) groups excluding carboxylic acids is 1. The second kappa shape index (κ2) is 6.13. The number of carbonyl (C=O) groups is 1. The molecule has 0 saturated heterocycles. The van der Waals surface area contributed by atoms with Gasteiger partial charge in [0.25, 0.3) is 15.0 Å². The van der Waals surface area contributed by atoms with E-state index in [-0.39, 0.29) is 22.3 Å². The van der Waals surface area contributed by atoms with Crippen LogP contribution in [0.15, 0.2) is 4.90 Å². The number of nitrogens with zero attached hydrogens (tertiary/aromatic N) is 1. The number of rotatable bonds is 3. The first kappa shape index (κ1) is 15.3. The molecule has 1 aliphatic carbocycles. The minimum Gasteiger partial charge on any atom is -0.348 e. The summed E-state index contributed by atoms with van der Waals surface area (Å²) in [6.45, 7) is 1.52. The van der Waals surface area contributed by atoms with E-state index in [1.165, 1.54) is 19.8 Å². The van der Waals surface area contributed by atoms with Crippen molar-refractivity contribution < 1.29 is 13.2 Å². The van der Waals surface area contributed by atoms with Crippen molar-refractivity contribution in [2.75, 3.05) is 0 Å². The van der Waals surface area contributed by atoms with Crippen molar-refractivity contribution >= 4 is 25.6 Å². The van der Waals surface area contributed by atoms with Crippen LogP contribution in [0.3, 0.4) is 0 Å². The van der Waals surface area contributed by atoms with E-state index in [0.29, 0.717) is 0 Å². The first-order valence-electron chi connectivity index (χ1n) is 6.70. The fraction of sp³-hybridized carbons (Fsp3) is 0.667. The van der Waals surface area contributed by atoms with Crippen LogP contribution in [0.5, 0.6) is 0 Å². The fourth-order valence-electron chi connectivity index (χ4n) is 2.55. The van der Waals surface area contributed by atoms with Gasteiger partial charge in [-0.25, -0.2) is 8.42 Å². The minimum atomic E-state index is -4.00. The Balaban J connectivity index is 2.17. The molecule has 1 fully saturated rings. The molecule has 6 nitrogen and oxygen atoms in total. The molecule has 1 saturated carbocycles. The number of aromatic amines is 1. The number of amides is 1. The van der Waals surface area contributed by atoms with Crippen LogP contribution in [-0.4, -0.2) is 30.6 Å². The SMILES string of the molecule is Cc1[nH]nc(C(=O)NC2CCCCCC2)c1S(=O)(=O)Cl. The van der Waals surface area contributed by atoms with Crippen LogP contribution in [0.25, 0.3) is 0 Å². The molecular formula is C12H18ClN3O3S. The Morgan fingerprint density at radius 2 is 1.90 bits per heavy atom. The van der Waals surface area contributed by atoms with Gasteiger partial charge in [0, 0.05) is 16.7 Å². The Hall–Kier alpha value is -1.08. The van der Waals surface area contributed by atoms with Gasteiger partial charge in [-0.15, -0.1) is 0 Å². The number of aryl methyl sites for hydroxylation is 1. The maximum Gasteiger partial charge on any atom is 0.273 e. The molecule has 0 radical (unpaired) electrons. The van der Waals surface area contributed by atoms with E-state index in [1.54, 1.807) is 0 Å². The van der Waals surface area contributed by atoms with Crippen LogP contribution in [0.2, 0.25) is 0 Å². The van der Waals surface area contributed by atoms with Crippen molar-refractivity contribution in [3.05, 3.63) is 11.4 Å². The third-order valence-corrected chi connectivity index (χ3v) is 4.99. The Labute approximate surface area is 122 Å². The molecule has 0 atom stereocenters. The van der Waals surface area contributed by atoms with Crippen molar-refractivity contribution in [1.82, 2.24) is 15.5 Å². The Bertz CT molecular complexity index is 589. The molecule has 8 heteroatoms. The Kier molecular flexibility index (Phi) is 4.70. The molecule has 0 bridgehead atoms. The van der Waals surface area contributed by atoms with Crippen LogP contribution in [-0.2, 0) is 9.05 Å². The minimum absolute atomic E-state index is 0.0767. The number of hydrogen-bond donors (Lipinski definition) is 2.